The van der Waals surface area contributed by atoms with Gasteiger partial charge in [-0.05, 0) is 41.4 Å². The van der Waals surface area contributed by atoms with Crippen LogP contribution in [0.3, 0.4) is 0 Å². The van der Waals surface area contributed by atoms with Crippen LogP contribution in [0.15, 0.2) is 33.3 Å². The molecule has 1 aromatic heterocycles. The van der Waals surface area contributed by atoms with E-state index in [4.69, 9.17) is 10.6 Å². The molecule has 21 heavy (non-hydrogen) atoms. The lowest BCUT2D eigenvalue weighted by molar-refractivity contribution is -0.121. The first-order valence-electron chi connectivity index (χ1n) is 6.41. The Morgan fingerprint density at radius 3 is 2.95 bits per heavy atom. The van der Waals surface area contributed by atoms with Crippen molar-refractivity contribution in [2.45, 2.75) is 25.9 Å². The van der Waals surface area contributed by atoms with Crippen molar-refractivity contribution in [1.29, 1.82) is 0 Å². The van der Waals surface area contributed by atoms with E-state index in [-0.39, 0.29) is 12.0 Å². The number of benzene rings is 1. The minimum atomic E-state index is -0.205. The number of carbonyl (C=O) groups excluding carboxylic acids is 1. The van der Waals surface area contributed by atoms with Crippen molar-refractivity contribution in [1.82, 2.24) is 10.4 Å². The second-order valence-corrected chi connectivity index (χ2v) is 6.31. The fourth-order valence-electron chi connectivity index (χ4n) is 1.93. The predicted octanol–water partition coefficient (Wildman–Crippen LogP) is 3.30. The van der Waals surface area contributed by atoms with Crippen LogP contribution in [-0.4, -0.2) is 17.0 Å². The van der Waals surface area contributed by atoms with Crippen molar-refractivity contribution in [3.63, 3.8) is 0 Å². The molecule has 0 aliphatic carbocycles. The van der Waals surface area contributed by atoms with Gasteiger partial charge in [0.2, 0.25) is 5.91 Å². The number of rotatable bonds is 5. The quantitative estimate of drug-likeness (QED) is 0.445. The Kier molecular flexibility index (Phi) is 5.55. The number of nitrogens with one attached hydrogen (secondary N) is 1. The zero-order chi connectivity index (χ0) is 15.4. The number of nitrogens with zero attached hydrogens (tertiary/aromatic N) is 1. The van der Waals surface area contributed by atoms with Crippen LogP contribution in [0, 0.1) is 0 Å². The molecule has 0 radical (unpaired) electrons. The molecule has 1 unspecified atom stereocenters. The minimum absolute atomic E-state index is 0.134. The lowest BCUT2D eigenvalue weighted by Crippen LogP contribution is -2.30. The maximum Gasteiger partial charge on any atom is 0.234 e. The van der Waals surface area contributed by atoms with Gasteiger partial charge in [-0.25, -0.2) is 5.84 Å². The van der Waals surface area contributed by atoms with Gasteiger partial charge in [-0.15, -0.1) is 0 Å². The van der Waals surface area contributed by atoms with E-state index in [2.05, 4.69) is 42.3 Å². The van der Waals surface area contributed by atoms with Gasteiger partial charge in [-0.3, -0.25) is 15.2 Å². The van der Waals surface area contributed by atoms with E-state index in [1.165, 1.54) is 0 Å². The molecule has 1 amide bonds. The van der Waals surface area contributed by atoms with Gasteiger partial charge in [-0.1, -0.05) is 22.0 Å². The van der Waals surface area contributed by atoms with Gasteiger partial charge < -0.3 is 4.74 Å². The van der Waals surface area contributed by atoms with E-state index in [9.17, 15) is 4.79 Å². The van der Waals surface area contributed by atoms with Crippen molar-refractivity contribution in [3.05, 3.63) is 33.3 Å². The van der Waals surface area contributed by atoms with Gasteiger partial charge in [-0.2, -0.15) is 0 Å². The van der Waals surface area contributed by atoms with Gasteiger partial charge in [0.25, 0.3) is 0 Å². The Morgan fingerprint density at radius 2 is 2.24 bits per heavy atom. The van der Waals surface area contributed by atoms with Crippen LogP contribution in [0.5, 0.6) is 5.75 Å². The highest BCUT2D eigenvalue weighted by Gasteiger charge is 2.15. The molecule has 112 valence electrons. The number of carbonyl (C=O) groups is 1. The van der Waals surface area contributed by atoms with Crippen LogP contribution in [0.2, 0.25) is 0 Å². The van der Waals surface area contributed by atoms with Crippen LogP contribution in [-0.2, 0) is 4.79 Å². The van der Waals surface area contributed by atoms with Gasteiger partial charge in [0.15, 0.2) is 5.75 Å². The maximum atomic E-state index is 11.2. The molecule has 1 heterocycles. The summed E-state index contributed by atoms with van der Waals surface area (Å²) in [7, 11) is 0. The molecule has 3 N–H and O–H groups in total. The van der Waals surface area contributed by atoms with Gasteiger partial charge in [0, 0.05) is 22.5 Å². The van der Waals surface area contributed by atoms with Crippen molar-refractivity contribution in [2.75, 3.05) is 0 Å². The third-order valence-corrected chi connectivity index (χ3v) is 4.25. The Morgan fingerprint density at radius 1 is 1.48 bits per heavy atom. The third kappa shape index (κ3) is 3.93. The summed E-state index contributed by atoms with van der Waals surface area (Å²) in [6, 6.07) is 5.77. The number of ether oxygens (including phenoxy) is 1. The molecular formula is C14H15Br2N3O2. The minimum Gasteiger partial charge on any atom is -0.487 e. The predicted molar refractivity (Wildman–Crippen MR) is 88.8 cm³/mol. The number of pyridine rings is 1. The second-order valence-electron chi connectivity index (χ2n) is 4.60. The fourth-order valence-corrected chi connectivity index (χ4v) is 3.29. The van der Waals surface area contributed by atoms with Crippen molar-refractivity contribution in [3.8, 4) is 5.75 Å². The number of halogens is 2. The number of hydrogen-bond acceptors (Lipinski definition) is 4. The summed E-state index contributed by atoms with van der Waals surface area (Å²) in [4.78, 5) is 15.6. The topological polar surface area (TPSA) is 77.2 Å². The molecule has 0 saturated heterocycles. The third-order valence-electron chi connectivity index (χ3n) is 3.01. The largest absolute Gasteiger partial charge is 0.487 e. The molecule has 2 rings (SSSR count). The highest BCUT2D eigenvalue weighted by molar-refractivity contribution is 9.11. The molecule has 7 heteroatoms. The summed E-state index contributed by atoms with van der Waals surface area (Å²) in [6.07, 6.45) is 2.47. The first-order chi connectivity index (χ1) is 10.0. The van der Waals surface area contributed by atoms with E-state index in [1.807, 2.05) is 25.1 Å². The van der Waals surface area contributed by atoms with Gasteiger partial charge >= 0.3 is 0 Å². The van der Waals surface area contributed by atoms with Crippen LogP contribution in [0.4, 0.5) is 0 Å². The van der Waals surface area contributed by atoms with Crippen LogP contribution >= 0.6 is 31.9 Å². The Hall–Kier alpha value is -1.18. The maximum absolute atomic E-state index is 11.2. The molecular weight excluding hydrogens is 402 g/mol. The van der Waals surface area contributed by atoms with Crippen molar-refractivity contribution < 1.29 is 9.53 Å². The molecule has 0 fully saturated rings. The lowest BCUT2D eigenvalue weighted by atomic mass is 10.2. The molecule has 1 atom stereocenters. The van der Waals surface area contributed by atoms with Gasteiger partial charge in [0.1, 0.15) is 5.52 Å². The van der Waals surface area contributed by atoms with Crippen molar-refractivity contribution >= 4 is 48.7 Å². The summed E-state index contributed by atoms with van der Waals surface area (Å²) < 4.78 is 7.72. The number of hydrogen-bond donors (Lipinski definition) is 2. The number of nitrogens with two attached hydrogens (primary N) is 1. The summed E-state index contributed by atoms with van der Waals surface area (Å²) in [5, 5.41) is 0.975. The molecule has 1 aromatic carbocycles. The zero-order valence-electron chi connectivity index (χ0n) is 11.4. The molecule has 0 aliphatic heterocycles. The van der Waals surface area contributed by atoms with E-state index in [0.29, 0.717) is 18.6 Å². The van der Waals surface area contributed by atoms with E-state index in [0.717, 1.165) is 19.8 Å². The molecule has 2 aromatic rings. The first-order valence-corrected chi connectivity index (χ1v) is 8.00. The summed E-state index contributed by atoms with van der Waals surface area (Å²) in [5.74, 6) is 5.53. The van der Waals surface area contributed by atoms with E-state index < -0.39 is 0 Å². The Balaban J connectivity index is 2.24. The van der Waals surface area contributed by atoms with E-state index in [1.54, 1.807) is 6.20 Å². The van der Waals surface area contributed by atoms with Gasteiger partial charge in [0.05, 0.1) is 10.6 Å². The normalized spacial score (nSPS) is 12.2. The highest BCUT2D eigenvalue weighted by Crippen LogP contribution is 2.37. The first kappa shape index (κ1) is 16.2. The lowest BCUT2D eigenvalue weighted by Gasteiger charge is -2.17. The Labute approximate surface area is 139 Å². The monoisotopic (exact) mass is 415 g/mol. The highest BCUT2D eigenvalue weighted by atomic mass is 79.9. The standard InChI is InChI=1S/C14H15Br2N3O2/c1-8(4-5-12(20)19-17)21-14-11(16)7-10(15)9-3-2-6-18-13(9)14/h2-3,6-8H,4-5,17H2,1H3,(H,19,20). The van der Waals surface area contributed by atoms with Crippen LogP contribution in [0.25, 0.3) is 10.9 Å². The van der Waals surface area contributed by atoms with Crippen LogP contribution in [0.1, 0.15) is 19.8 Å². The van der Waals surface area contributed by atoms with Crippen LogP contribution < -0.4 is 16.0 Å². The molecule has 0 bridgehead atoms. The number of hydrazine groups is 1. The average molecular weight is 417 g/mol. The fraction of sp³-hybridized carbons (Fsp3) is 0.286. The second kappa shape index (κ2) is 7.20. The SMILES string of the molecule is CC(CCC(=O)NN)Oc1c(Br)cc(Br)c2cccnc12. The summed E-state index contributed by atoms with van der Waals surface area (Å²) in [5.41, 5.74) is 2.88. The summed E-state index contributed by atoms with van der Waals surface area (Å²) in [6.45, 7) is 1.91. The number of aromatic nitrogens is 1. The van der Waals surface area contributed by atoms with E-state index >= 15 is 0 Å². The van der Waals surface area contributed by atoms with Crippen molar-refractivity contribution in [2.24, 2.45) is 5.84 Å². The number of fused-ring (bicyclic) bond motifs is 1. The average Bonchev–Trinajstić information content (AvgIpc) is 2.49. The zero-order valence-corrected chi connectivity index (χ0v) is 14.6. The molecule has 0 spiro atoms. The number of amides is 1. The Bertz CT molecular complexity index is 664. The molecule has 0 saturated carbocycles. The molecule has 5 nitrogen and oxygen atoms in total. The molecule has 0 aliphatic rings. The summed E-state index contributed by atoms with van der Waals surface area (Å²) >= 11 is 7.01. The smallest absolute Gasteiger partial charge is 0.234 e.